The number of hydrogen-bond acceptors (Lipinski definition) is 8. The monoisotopic (exact) mass is 732 g/mol. The maximum Gasteiger partial charge on any atom is 0.471 e. The molecule has 1 amide bonds. The number of benzene rings is 2. The Morgan fingerprint density at radius 1 is 0.667 bits per heavy atom. The molecule has 4 aromatic rings. The molecular formula is C31H21F9N4O7. The van der Waals surface area contributed by atoms with E-state index in [0.717, 1.165) is 68.3 Å². The molecule has 4 rings (SSSR count). The van der Waals surface area contributed by atoms with Crippen LogP contribution in [-0.2, 0) is 14.3 Å². The molecule has 0 unspecified atom stereocenters. The molecule has 0 aliphatic rings. The molecule has 1 N–H and O–H groups in total. The summed E-state index contributed by atoms with van der Waals surface area (Å²) in [6.45, 7) is 1.85. The van der Waals surface area contributed by atoms with Gasteiger partial charge in [-0.2, -0.15) is 44.6 Å². The van der Waals surface area contributed by atoms with Crippen molar-refractivity contribution < 1.29 is 73.0 Å². The number of nitrogens with one attached hydrogen (secondary N) is 1. The van der Waals surface area contributed by atoms with Crippen molar-refractivity contribution in [2.75, 3.05) is 19.5 Å². The lowest BCUT2D eigenvalue weighted by atomic mass is 9.97. The summed E-state index contributed by atoms with van der Waals surface area (Å²) in [4.78, 5) is 63.0. The quantitative estimate of drug-likeness (QED) is 0.123. The highest BCUT2D eigenvalue weighted by atomic mass is 19.4. The van der Waals surface area contributed by atoms with Gasteiger partial charge in [0.1, 0.15) is 11.5 Å². The zero-order valence-corrected chi connectivity index (χ0v) is 26.2. The number of ketones is 2. The Morgan fingerprint density at radius 3 is 1.61 bits per heavy atom. The number of ether oxygens (including phenoxy) is 2. The van der Waals surface area contributed by atoms with Gasteiger partial charge in [0.15, 0.2) is 0 Å². The van der Waals surface area contributed by atoms with Crippen molar-refractivity contribution in [1.82, 2.24) is 14.3 Å². The number of para-hydroxylation sites is 1. The van der Waals surface area contributed by atoms with Gasteiger partial charge in [0.05, 0.1) is 42.2 Å². The zero-order valence-electron chi connectivity index (χ0n) is 26.2. The average molecular weight is 733 g/mol. The summed E-state index contributed by atoms with van der Waals surface area (Å²) in [5, 5.41) is 4.97. The van der Waals surface area contributed by atoms with Crippen LogP contribution in [0.1, 0.15) is 52.8 Å². The summed E-state index contributed by atoms with van der Waals surface area (Å²) in [7, 11) is 1.91. The largest absolute Gasteiger partial charge is 0.471 e. The standard InChI is InChI=1S/C31H21F9N4O7/c1-13-19(20(23(45)29(32,33)34)14(2)43(13)18-11-15(26(47)50-3)10-16(12-18)27(48)51-4)22-21(24(46)30(35,36)37)25(41-28(49)31(38,39)40)44(42-22)17-8-6-5-7-9-17/h5-12H,1-4H3,(H,41,49). The predicted molar refractivity (Wildman–Crippen MR) is 156 cm³/mol. The Bertz CT molecular complexity index is 2040. The molecular weight excluding hydrogens is 711 g/mol. The van der Waals surface area contributed by atoms with E-state index in [1.165, 1.54) is 18.2 Å². The number of carbonyl (C=O) groups is 5. The molecule has 0 aliphatic heterocycles. The molecule has 0 saturated heterocycles. The fraction of sp³-hybridized carbons (Fsp3) is 0.226. The SMILES string of the molecule is COC(=O)c1cc(C(=O)OC)cc(-n2c(C)c(C(=O)C(F)(F)F)c(-c3nn(-c4ccccc4)c(NC(=O)C(F)(F)F)c3C(=O)C(F)(F)F)c2C)c1. The van der Waals surface area contributed by atoms with Gasteiger partial charge in [0.25, 0.3) is 11.6 Å². The fourth-order valence-corrected chi connectivity index (χ4v) is 5.15. The molecule has 11 nitrogen and oxygen atoms in total. The number of halogens is 9. The first kappa shape index (κ1) is 37.9. The molecule has 270 valence electrons. The zero-order chi connectivity index (χ0) is 38.4. The van der Waals surface area contributed by atoms with Crippen LogP contribution in [-0.4, -0.2) is 76.5 Å². The van der Waals surface area contributed by atoms with E-state index in [-0.39, 0.29) is 27.2 Å². The lowest BCUT2D eigenvalue weighted by molar-refractivity contribution is -0.167. The highest BCUT2D eigenvalue weighted by Crippen LogP contribution is 2.43. The van der Waals surface area contributed by atoms with Gasteiger partial charge in [-0.05, 0) is 44.2 Å². The van der Waals surface area contributed by atoms with Crippen LogP contribution in [0, 0.1) is 13.8 Å². The molecule has 0 saturated carbocycles. The van der Waals surface area contributed by atoms with Crippen molar-refractivity contribution in [3.8, 4) is 22.6 Å². The maximum absolute atomic E-state index is 14.2. The third-order valence-corrected chi connectivity index (χ3v) is 7.24. The summed E-state index contributed by atoms with van der Waals surface area (Å²) in [5.41, 5.74) is -8.53. The van der Waals surface area contributed by atoms with Crippen LogP contribution in [0.2, 0.25) is 0 Å². The normalized spacial score (nSPS) is 12.0. The van der Waals surface area contributed by atoms with E-state index < -0.39 is 87.5 Å². The fourth-order valence-electron chi connectivity index (χ4n) is 5.15. The number of rotatable bonds is 8. The smallest absolute Gasteiger partial charge is 0.465 e. The van der Waals surface area contributed by atoms with Gasteiger partial charge in [0, 0.05) is 22.6 Å². The van der Waals surface area contributed by atoms with Crippen molar-refractivity contribution in [2.24, 2.45) is 0 Å². The number of amides is 1. The Morgan fingerprint density at radius 2 is 1.16 bits per heavy atom. The molecule has 0 bridgehead atoms. The van der Waals surface area contributed by atoms with Crippen molar-refractivity contribution in [3.63, 3.8) is 0 Å². The van der Waals surface area contributed by atoms with E-state index in [1.54, 1.807) is 0 Å². The number of methoxy groups -OCH3 is 2. The van der Waals surface area contributed by atoms with Crippen LogP contribution in [0.3, 0.4) is 0 Å². The lowest BCUT2D eigenvalue weighted by Crippen LogP contribution is -2.32. The van der Waals surface area contributed by atoms with Gasteiger partial charge in [-0.3, -0.25) is 14.4 Å². The van der Waals surface area contributed by atoms with E-state index in [1.807, 2.05) is 0 Å². The molecule has 0 fully saturated rings. The summed E-state index contributed by atoms with van der Waals surface area (Å²) in [5.74, 6) is -12.2. The predicted octanol–water partition coefficient (Wildman–Crippen LogP) is 6.51. The van der Waals surface area contributed by atoms with Crippen LogP contribution in [0.25, 0.3) is 22.6 Å². The third kappa shape index (κ3) is 7.19. The third-order valence-electron chi connectivity index (χ3n) is 7.24. The second kappa shape index (κ2) is 13.4. The van der Waals surface area contributed by atoms with Crippen LogP contribution >= 0.6 is 0 Å². The number of hydrogen-bond donors (Lipinski definition) is 1. The van der Waals surface area contributed by atoms with E-state index in [9.17, 15) is 63.5 Å². The summed E-state index contributed by atoms with van der Waals surface area (Å²) < 4.78 is 135. The summed E-state index contributed by atoms with van der Waals surface area (Å²) in [6, 6.07) is 8.90. The number of Topliss-reactive ketones (excluding diaryl/α,β-unsaturated/α-hetero) is 2. The molecule has 2 aromatic carbocycles. The van der Waals surface area contributed by atoms with E-state index in [4.69, 9.17) is 0 Å². The second-order valence-corrected chi connectivity index (χ2v) is 10.4. The maximum atomic E-state index is 14.2. The van der Waals surface area contributed by atoms with Gasteiger partial charge in [-0.1, -0.05) is 18.2 Å². The first-order chi connectivity index (χ1) is 23.5. The molecule has 0 aliphatic carbocycles. The molecule has 2 aromatic heterocycles. The van der Waals surface area contributed by atoms with Gasteiger partial charge < -0.3 is 19.4 Å². The van der Waals surface area contributed by atoms with E-state index >= 15 is 0 Å². The number of anilines is 1. The Balaban J connectivity index is 2.26. The molecule has 20 heteroatoms. The highest BCUT2D eigenvalue weighted by Gasteiger charge is 2.49. The summed E-state index contributed by atoms with van der Waals surface area (Å²) >= 11 is 0. The Hall–Kier alpha value is -5.95. The van der Waals surface area contributed by atoms with Gasteiger partial charge in [-0.25, -0.2) is 14.3 Å². The number of nitrogens with zero attached hydrogens (tertiary/aromatic N) is 3. The first-order valence-corrected chi connectivity index (χ1v) is 13.9. The van der Waals surface area contributed by atoms with Crippen molar-refractivity contribution in [3.05, 3.63) is 82.2 Å². The van der Waals surface area contributed by atoms with Gasteiger partial charge >= 0.3 is 36.4 Å². The van der Waals surface area contributed by atoms with Gasteiger partial charge in [0.2, 0.25) is 0 Å². The van der Waals surface area contributed by atoms with Crippen molar-refractivity contribution in [1.29, 1.82) is 0 Å². The lowest BCUT2D eigenvalue weighted by Gasteiger charge is -2.14. The van der Waals surface area contributed by atoms with Crippen molar-refractivity contribution >= 4 is 35.2 Å². The topological polar surface area (TPSA) is 139 Å². The molecule has 0 atom stereocenters. The van der Waals surface area contributed by atoms with Crippen LogP contribution in [0.15, 0.2) is 48.5 Å². The van der Waals surface area contributed by atoms with Gasteiger partial charge in [-0.15, -0.1) is 0 Å². The van der Waals surface area contributed by atoms with Crippen LogP contribution in [0.4, 0.5) is 45.3 Å². The number of carbonyl (C=O) groups excluding carboxylic acids is 5. The molecule has 51 heavy (non-hydrogen) atoms. The molecule has 0 spiro atoms. The van der Waals surface area contributed by atoms with Crippen LogP contribution < -0.4 is 5.32 Å². The number of esters is 2. The van der Waals surface area contributed by atoms with E-state index in [0.29, 0.717) is 0 Å². The van der Waals surface area contributed by atoms with Crippen LogP contribution in [0.5, 0.6) is 0 Å². The minimum absolute atomic E-state index is 0.249. The minimum atomic E-state index is -5.93. The summed E-state index contributed by atoms with van der Waals surface area (Å²) in [6.07, 6.45) is -17.4. The average Bonchev–Trinajstić information content (AvgIpc) is 3.54. The number of alkyl halides is 9. The first-order valence-electron chi connectivity index (χ1n) is 13.9. The highest BCUT2D eigenvalue weighted by molar-refractivity contribution is 6.15. The Labute approximate surface area is 279 Å². The second-order valence-electron chi connectivity index (χ2n) is 10.4. The van der Waals surface area contributed by atoms with Crippen molar-refractivity contribution in [2.45, 2.75) is 32.4 Å². The molecule has 2 heterocycles. The minimum Gasteiger partial charge on any atom is -0.465 e. The Kier molecular flexibility index (Phi) is 9.95. The number of aromatic nitrogens is 3. The van der Waals surface area contributed by atoms with E-state index in [2.05, 4.69) is 14.6 Å². The molecule has 0 radical (unpaired) electrons.